The van der Waals surface area contributed by atoms with Crippen LogP contribution in [-0.4, -0.2) is 56.4 Å². The van der Waals surface area contributed by atoms with Crippen LogP contribution in [0.15, 0.2) is 0 Å². The van der Waals surface area contributed by atoms with E-state index in [4.69, 9.17) is 4.74 Å². The first-order valence-corrected chi connectivity index (χ1v) is 7.60. The first kappa shape index (κ1) is 14.6. The van der Waals surface area contributed by atoms with Gasteiger partial charge in [-0.2, -0.15) is 0 Å². The molecule has 2 rings (SSSR count). The van der Waals surface area contributed by atoms with Gasteiger partial charge in [-0.05, 0) is 18.8 Å². The second-order valence-electron chi connectivity index (χ2n) is 5.72. The molecule has 19 heavy (non-hydrogen) atoms. The molecular formula is C14H27N3O2. The van der Waals surface area contributed by atoms with Crippen molar-refractivity contribution in [3.63, 3.8) is 0 Å². The lowest BCUT2D eigenvalue weighted by Crippen LogP contribution is -2.48. The Bertz CT molecular complexity index is 280. The van der Waals surface area contributed by atoms with E-state index >= 15 is 0 Å². The molecule has 0 aromatic rings. The summed E-state index contributed by atoms with van der Waals surface area (Å²) in [6.07, 6.45) is 4.90. The first-order chi connectivity index (χ1) is 9.25. The number of carbonyl (C=O) groups is 1. The Morgan fingerprint density at radius 2 is 2.00 bits per heavy atom. The van der Waals surface area contributed by atoms with Crippen molar-refractivity contribution >= 4 is 6.03 Å². The third-order valence-electron chi connectivity index (χ3n) is 4.25. The predicted octanol–water partition coefficient (Wildman–Crippen LogP) is 1.20. The standard InChI is InChI=1S/C14H27N3O2/c1-12-4-2-3-5-13(12)16-14(18)15-6-7-17-8-10-19-11-9-17/h12-13H,2-11H2,1H3,(H2,15,16,18). The lowest BCUT2D eigenvalue weighted by Gasteiger charge is -2.30. The maximum Gasteiger partial charge on any atom is 0.315 e. The molecule has 1 aliphatic heterocycles. The molecule has 1 aliphatic carbocycles. The van der Waals surface area contributed by atoms with Crippen LogP contribution in [-0.2, 0) is 4.74 Å². The summed E-state index contributed by atoms with van der Waals surface area (Å²) >= 11 is 0. The van der Waals surface area contributed by atoms with Crippen LogP contribution >= 0.6 is 0 Å². The molecule has 2 aliphatic rings. The number of nitrogens with zero attached hydrogens (tertiary/aromatic N) is 1. The predicted molar refractivity (Wildman–Crippen MR) is 75.2 cm³/mol. The third kappa shape index (κ3) is 4.99. The lowest BCUT2D eigenvalue weighted by molar-refractivity contribution is 0.0387. The Morgan fingerprint density at radius 3 is 2.74 bits per heavy atom. The molecule has 5 nitrogen and oxygen atoms in total. The number of ether oxygens (including phenoxy) is 1. The summed E-state index contributed by atoms with van der Waals surface area (Å²) in [6.45, 7) is 7.44. The number of nitrogens with one attached hydrogen (secondary N) is 2. The fourth-order valence-electron chi connectivity index (χ4n) is 2.90. The molecular weight excluding hydrogens is 242 g/mol. The van der Waals surface area contributed by atoms with Crippen molar-refractivity contribution in [1.29, 1.82) is 0 Å². The molecule has 1 saturated carbocycles. The fraction of sp³-hybridized carbons (Fsp3) is 0.929. The van der Waals surface area contributed by atoms with Crippen molar-refractivity contribution in [2.24, 2.45) is 5.92 Å². The van der Waals surface area contributed by atoms with Gasteiger partial charge in [0.2, 0.25) is 0 Å². The average molecular weight is 269 g/mol. The SMILES string of the molecule is CC1CCCCC1NC(=O)NCCN1CCOCC1. The van der Waals surface area contributed by atoms with Crippen LogP contribution in [0.2, 0.25) is 0 Å². The molecule has 0 spiro atoms. The van der Waals surface area contributed by atoms with Gasteiger partial charge in [-0.3, -0.25) is 4.90 Å². The van der Waals surface area contributed by atoms with Gasteiger partial charge in [0.15, 0.2) is 0 Å². The van der Waals surface area contributed by atoms with Crippen molar-refractivity contribution in [3.8, 4) is 0 Å². The van der Waals surface area contributed by atoms with Crippen LogP contribution < -0.4 is 10.6 Å². The van der Waals surface area contributed by atoms with Gasteiger partial charge in [0, 0.05) is 32.2 Å². The van der Waals surface area contributed by atoms with E-state index in [2.05, 4.69) is 22.5 Å². The molecule has 2 unspecified atom stereocenters. The molecule has 1 heterocycles. The number of hydrogen-bond acceptors (Lipinski definition) is 3. The Labute approximate surface area is 116 Å². The van der Waals surface area contributed by atoms with Gasteiger partial charge in [0.1, 0.15) is 0 Å². The van der Waals surface area contributed by atoms with Crippen LogP contribution in [0.25, 0.3) is 0 Å². The van der Waals surface area contributed by atoms with Crippen molar-refractivity contribution in [2.75, 3.05) is 39.4 Å². The second-order valence-corrected chi connectivity index (χ2v) is 5.72. The zero-order chi connectivity index (χ0) is 13.5. The zero-order valence-corrected chi connectivity index (χ0v) is 12.0. The van der Waals surface area contributed by atoms with Crippen molar-refractivity contribution in [1.82, 2.24) is 15.5 Å². The highest BCUT2D eigenvalue weighted by molar-refractivity contribution is 5.74. The zero-order valence-electron chi connectivity index (χ0n) is 12.0. The van der Waals surface area contributed by atoms with E-state index < -0.39 is 0 Å². The molecule has 110 valence electrons. The largest absolute Gasteiger partial charge is 0.379 e. The van der Waals surface area contributed by atoms with E-state index in [1.807, 2.05) is 0 Å². The quantitative estimate of drug-likeness (QED) is 0.806. The maximum atomic E-state index is 11.8. The topological polar surface area (TPSA) is 53.6 Å². The van der Waals surface area contributed by atoms with Gasteiger partial charge >= 0.3 is 6.03 Å². The highest BCUT2D eigenvalue weighted by atomic mass is 16.5. The Morgan fingerprint density at radius 1 is 1.26 bits per heavy atom. The summed E-state index contributed by atoms with van der Waals surface area (Å²) in [5, 5.41) is 6.08. The van der Waals surface area contributed by atoms with Gasteiger partial charge in [0.05, 0.1) is 13.2 Å². The van der Waals surface area contributed by atoms with E-state index in [0.29, 0.717) is 18.5 Å². The summed E-state index contributed by atoms with van der Waals surface area (Å²) in [5.74, 6) is 0.610. The van der Waals surface area contributed by atoms with Crippen LogP contribution in [0.5, 0.6) is 0 Å². The van der Waals surface area contributed by atoms with Crippen LogP contribution in [0.3, 0.4) is 0 Å². The molecule has 2 atom stereocenters. The summed E-state index contributed by atoms with van der Waals surface area (Å²) in [7, 11) is 0. The summed E-state index contributed by atoms with van der Waals surface area (Å²) < 4.78 is 5.30. The number of amides is 2. The van der Waals surface area contributed by atoms with E-state index in [9.17, 15) is 4.79 Å². The van der Waals surface area contributed by atoms with Gasteiger partial charge in [0.25, 0.3) is 0 Å². The molecule has 5 heteroatoms. The molecule has 0 bridgehead atoms. The van der Waals surface area contributed by atoms with E-state index in [1.54, 1.807) is 0 Å². The monoisotopic (exact) mass is 269 g/mol. The maximum absolute atomic E-state index is 11.8. The van der Waals surface area contributed by atoms with Crippen molar-refractivity contribution in [3.05, 3.63) is 0 Å². The lowest BCUT2D eigenvalue weighted by atomic mass is 9.86. The molecule has 2 fully saturated rings. The second kappa shape index (κ2) is 7.70. The fourth-order valence-corrected chi connectivity index (χ4v) is 2.90. The van der Waals surface area contributed by atoms with Crippen LogP contribution in [0, 0.1) is 5.92 Å². The van der Waals surface area contributed by atoms with Crippen LogP contribution in [0.4, 0.5) is 4.79 Å². The highest BCUT2D eigenvalue weighted by Gasteiger charge is 2.22. The molecule has 1 saturated heterocycles. The number of urea groups is 1. The molecule has 0 aromatic carbocycles. The Balaban J connectivity index is 1.58. The van der Waals surface area contributed by atoms with E-state index in [0.717, 1.165) is 39.3 Å². The third-order valence-corrected chi connectivity index (χ3v) is 4.25. The summed E-state index contributed by atoms with van der Waals surface area (Å²) in [4.78, 5) is 14.2. The van der Waals surface area contributed by atoms with Gasteiger partial charge in [-0.1, -0.05) is 19.8 Å². The first-order valence-electron chi connectivity index (χ1n) is 7.60. The minimum atomic E-state index is -0.00740. The van der Waals surface area contributed by atoms with Crippen molar-refractivity contribution < 1.29 is 9.53 Å². The van der Waals surface area contributed by atoms with Crippen LogP contribution in [0.1, 0.15) is 32.6 Å². The number of rotatable bonds is 4. The van der Waals surface area contributed by atoms with E-state index in [-0.39, 0.29) is 6.03 Å². The van der Waals surface area contributed by atoms with Gasteiger partial charge in [-0.25, -0.2) is 4.79 Å². The Kier molecular flexibility index (Phi) is 5.92. The van der Waals surface area contributed by atoms with Crippen molar-refractivity contribution in [2.45, 2.75) is 38.6 Å². The number of carbonyl (C=O) groups excluding carboxylic acids is 1. The van der Waals surface area contributed by atoms with Gasteiger partial charge in [-0.15, -0.1) is 0 Å². The molecule has 2 amide bonds. The minimum Gasteiger partial charge on any atom is -0.379 e. The summed E-state index contributed by atoms with van der Waals surface area (Å²) in [5.41, 5.74) is 0. The normalized spacial score (nSPS) is 28.9. The van der Waals surface area contributed by atoms with Gasteiger partial charge < -0.3 is 15.4 Å². The number of hydrogen-bond donors (Lipinski definition) is 2. The smallest absolute Gasteiger partial charge is 0.315 e. The molecule has 2 N–H and O–H groups in total. The highest BCUT2D eigenvalue weighted by Crippen LogP contribution is 2.23. The molecule has 0 radical (unpaired) electrons. The average Bonchev–Trinajstić information content (AvgIpc) is 2.43. The minimum absolute atomic E-state index is 0.00740. The molecule has 0 aromatic heterocycles. The number of morpholine rings is 1. The van der Waals surface area contributed by atoms with E-state index in [1.165, 1.54) is 19.3 Å². The Hall–Kier alpha value is -0.810. The summed E-state index contributed by atoms with van der Waals surface area (Å²) in [6, 6.07) is 0.351.